The van der Waals surface area contributed by atoms with Gasteiger partial charge in [0.2, 0.25) is 0 Å². The molecule has 1 aliphatic heterocycles. The topological polar surface area (TPSA) is 84.2 Å². The van der Waals surface area contributed by atoms with Crippen molar-refractivity contribution in [1.82, 2.24) is 15.1 Å². The van der Waals surface area contributed by atoms with E-state index in [-0.39, 0.29) is 5.91 Å². The number of carboxylic acids is 1. The fourth-order valence-corrected chi connectivity index (χ4v) is 3.70. The summed E-state index contributed by atoms with van der Waals surface area (Å²) in [5, 5.41) is 16.3. The van der Waals surface area contributed by atoms with Crippen molar-refractivity contribution in [3.8, 4) is 0 Å². The molecule has 0 radical (unpaired) electrons. The van der Waals surface area contributed by atoms with Crippen LogP contribution in [-0.2, 0) is 11.3 Å². The number of hydrogen-bond donors (Lipinski definition) is 2. The van der Waals surface area contributed by atoms with Gasteiger partial charge in [-0.25, -0.2) is 4.79 Å². The minimum Gasteiger partial charge on any atom is -0.479 e. The smallest absolute Gasteiger partial charge is 0.330 e. The number of nitrogens with zero attached hydrogens (tertiary/aromatic N) is 2. The van der Waals surface area contributed by atoms with E-state index in [9.17, 15) is 14.7 Å². The van der Waals surface area contributed by atoms with Crippen LogP contribution < -0.4 is 5.32 Å². The number of aliphatic carboxylic acids is 1. The highest BCUT2D eigenvalue weighted by Crippen LogP contribution is 2.28. The third-order valence-electron chi connectivity index (χ3n) is 3.67. The number of rotatable bonds is 5. The minimum atomic E-state index is -1.14. The number of carbonyl (C=O) groups excluding carboxylic acids is 1. The van der Waals surface area contributed by atoms with Crippen molar-refractivity contribution in [2.45, 2.75) is 39.3 Å². The lowest BCUT2D eigenvalue weighted by molar-refractivity contribution is -0.143. The third-order valence-corrected chi connectivity index (χ3v) is 4.86. The molecule has 116 valence electrons. The van der Waals surface area contributed by atoms with Crippen LogP contribution in [0, 0.1) is 12.8 Å². The number of aromatic nitrogens is 2. The van der Waals surface area contributed by atoms with E-state index in [4.69, 9.17) is 0 Å². The van der Waals surface area contributed by atoms with E-state index < -0.39 is 11.5 Å². The second-order valence-electron chi connectivity index (χ2n) is 5.86. The van der Waals surface area contributed by atoms with E-state index in [0.29, 0.717) is 23.7 Å². The Morgan fingerprint density at radius 2 is 2.29 bits per heavy atom. The number of carboxylic acid groups (broad SMARTS) is 1. The zero-order valence-corrected chi connectivity index (χ0v) is 13.4. The molecule has 1 atom stereocenters. The van der Waals surface area contributed by atoms with Crippen molar-refractivity contribution in [1.29, 1.82) is 0 Å². The van der Waals surface area contributed by atoms with Gasteiger partial charge in [-0.2, -0.15) is 16.9 Å². The molecule has 1 fully saturated rings. The molecule has 1 aromatic heterocycles. The Labute approximate surface area is 128 Å². The van der Waals surface area contributed by atoms with Crippen molar-refractivity contribution in [2.24, 2.45) is 5.92 Å². The quantitative estimate of drug-likeness (QED) is 0.861. The Kier molecular flexibility index (Phi) is 4.61. The Morgan fingerprint density at radius 1 is 1.57 bits per heavy atom. The maximum atomic E-state index is 12.4. The van der Waals surface area contributed by atoms with Gasteiger partial charge in [0.25, 0.3) is 5.91 Å². The summed E-state index contributed by atoms with van der Waals surface area (Å²) in [6.45, 7) is 6.73. The molecular weight excluding hydrogens is 290 g/mol. The summed E-state index contributed by atoms with van der Waals surface area (Å²) in [6, 6.07) is 0. The highest BCUT2D eigenvalue weighted by molar-refractivity contribution is 7.99. The van der Waals surface area contributed by atoms with Crippen LogP contribution in [0.3, 0.4) is 0 Å². The van der Waals surface area contributed by atoms with Gasteiger partial charge in [0, 0.05) is 18.0 Å². The first-order valence-corrected chi connectivity index (χ1v) is 8.17. The van der Waals surface area contributed by atoms with Crippen molar-refractivity contribution in [2.75, 3.05) is 11.5 Å². The summed E-state index contributed by atoms with van der Waals surface area (Å²) in [4.78, 5) is 23.9. The van der Waals surface area contributed by atoms with Crippen LogP contribution in [0.2, 0.25) is 0 Å². The van der Waals surface area contributed by atoms with Gasteiger partial charge in [0.1, 0.15) is 5.54 Å². The Morgan fingerprint density at radius 3 is 2.81 bits per heavy atom. The molecule has 6 nitrogen and oxygen atoms in total. The van der Waals surface area contributed by atoms with Crippen LogP contribution in [0.25, 0.3) is 0 Å². The molecule has 2 N–H and O–H groups in total. The van der Waals surface area contributed by atoms with Gasteiger partial charge >= 0.3 is 5.97 Å². The monoisotopic (exact) mass is 311 g/mol. The predicted octanol–water partition coefficient (Wildman–Crippen LogP) is 1.54. The largest absolute Gasteiger partial charge is 0.479 e. The SMILES string of the molecule is Cc1c(C(=O)NC2(C(=O)O)CCSC2)cnn1CC(C)C. The second kappa shape index (κ2) is 6.09. The van der Waals surface area contributed by atoms with Crippen LogP contribution in [0.5, 0.6) is 0 Å². The molecule has 1 amide bonds. The average molecular weight is 311 g/mol. The van der Waals surface area contributed by atoms with Crippen molar-refractivity contribution < 1.29 is 14.7 Å². The average Bonchev–Trinajstić information content (AvgIpc) is 2.98. The molecule has 0 aliphatic carbocycles. The number of amides is 1. The van der Waals surface area contributed by atoms with Gasteiger partial charge in [-0.1, -0.05) is 13.8 Å². The summed E-state index contributed by atoms with van der Waals surface area (Å²) in [7, 11) is 0. The van der Waals surface area contributed by atoms with Crippen molar-refractivity contribution in [3.05, 3.63) is 17.5 Å². The minimum absolute atomic E-state index is 0.354. The van der Waals surface area contributed by atoms with Gasteiger partial charge in [0.05, 0.1) is 11.8 Å². The number of hydrogen-bond acceptors (Lipinski definition) is 4. The molecule has 7 heteroatoms. The van der Waals surface area contributed by atoms with Gasteiger partial charge in [0.15, 0.2) is 0 Å². The zero-order valence-electron chi connectivity index (χ0n) is 12.5. The third kappa shape index (κ3) is 3.23. The summed E-state index contributed by atoms with van der Waals surface area (Å²) in [5.74, 6) is 0.266. The van der Waals surface area contributed by atoms with Crippen LogP contribution >= 0.6 is 11.8 Å². The normalized spacial score (nSPS) is 21.7. The molecule has 0 bridgehead atoms. The first-order chi connectivity index (χ1) is 9.85. The van der Waals surface area contributed by atoms with Gasteiger partial charge < -0.3 is 10.4 Å². The predicted molar refractivity (Wildman–Crippen MR) is 81.6 cm³/mol. The van der Waals surface area contributed by atoms with Crippen LogP contribution in [0.15, 0.2) is 6.20 Å². The lowest BCUT2D eigenvalue weighted by Gasteiger charge is -2.24. The maximum Gasteiger partial charge on any atom is 0.330 e. The van der Waals surface area contributed by atoms with Crippen LogP contribution in [-0.4, -0.2) is 43.8 Å². The van der Waals surface area contributed by atoms with E-state index in [0.717, 1.165) is 18.0 Å². The lowest BCUT2D eigenvalue weighted by atomic mass is 9.98. The molecular formula is C14H21N3O3S. The highest BCUT2D eigenvalue weighted by atomic mass is 32.2. The van der Waals surface area contributed by atoms with E-state index in [2.05, 4.69) is 24.3 Å². The highest BCUT2D eigenvalue weighted by Gasteiger charge is 2.43. The molecule has 1 saturated heterocycles. The molecule has 21 heavy (non-hydrogen) atoms. The summed E-state index contributed by atoms with van der Waals surface area (Å²) in [6.07, 6.45) is 1.97. The van der Waals surface area contributed by atoms with E-state index in [1.165, 1.54) is 6.20 Å². The first-order valence-electron chi connectivity index (χ1n) is 7.02. The first kappa shape index (κ1) is 15.9. The lowest BCUT2D eigenvalue weighted by Crippen LogP contribution is -2.54. The van der Waals surface area contributed by atoms with Gasteiger partial charge in [-0.05, 0) is 25.0 Å². The van der Waals surface area contributed by atoms with Crippen molar-refractivity contribution in [3.63, 3.8) is 0 Å². The Balaban J connectivity index is 2.17. The van der Waals surface area contributed by atoms with E-state index >= 15 is 0 Å². The van der Waals surface area contributed by atoms with Crippen LogP contribution in [0.4, 0.5) is 0 Å². The maximum absolute atomic E-state index is 12.4. The summed E-state index contributed by atoms with van der Waals surface area (Å²) >= 11 is 1.55. The fraction of sp³-hybridized carbons (Fsp3) is 0.643. The number of thioether (sulfide) groups is 1. The molecule has 2 rings (SSSR count). The zero-order chi connectivity index (χ0) is 15.6. The molecule has 1 aliphatic rings. The molecule has 2 heterocycles. The van der Waals surface area contributed by atoms with Gasteiger partial charge in [-0.3, -0.25) is 9.48 Å². The number of carbonyl (C=O) groups is 2. The van der Waals surface area contributed by atoms with E-state index in [1.54, 1.807) is 16.4 Å². The van der Waals surface area contributed by atoms with E-state index in [1.807, 2.05) is 6.92 Å². The Hall–Kier alpha value is -1.50. The Bertz CT molecular complexity index is 548. The van der Waals surface area contributed by atoms with Gasteiger partial charge in [-0.15, -0.1) is 0 Å². The molecule has 1 aromatic rings. The van der Waals surface area contributed by atoms with Crippen LogP contribution in [0.1, 0.15) is 36.3 Å². The second-order valence-corrected chi connectivity index (χ2v) is 6.97. The molecule has 1 unspecified atom stereocenters. The summed E-state index contributed by atoms with van der Waals surface area (Å²) < 4.78 is 1.79. The molecule has 0 aromatic carbocycles. The number of nitrogens with one attached hydrogen (secondary N) is 1. The summed E-state index contributed by atoms with van der Waals surface area (Å²) in [5.41, 5.74) is 0.0782. The molecule has 0 saturated carbocycles. The molecule has 0 spiro atoms. The fourth-order valence-electron chi connectivity index (χ4n) is 2.37. The van der Waals surface area contributed by atoms with Crippen molar-refractivity contribution >= 4 is 23.6 Å². The standard InChI is InChI=1S/C14H21N3O3S/c1-9(2)7-17-10(3)11(6-15-17)12(18)16-14(13(19)20)4-5-21-8-14/h6,9H,4-5,7-8H2,1-3H3,(H,16,18)(H,19,20).